The number of thioether (sulfide) groups is 1. The summed E-state index contributed by atoms with van der Waals surface area (Å²) in [7, 11) is 1.33. The van der Waals surface area contributed by atoms with Crippen molar-refractivity contribution in [3.63, 3.8) is 0 Å². The molecule has 9 heteroatoms. The van der Waals surface area contributed by atoms with Crippen LogP contribution in [0.2, 0.25) is 0 Å². The standard InChI is InChI=1S/C20H18N4O4S/c1-27-19(26)16-9-13-5-2-3-6-15(13)11-24(16)17(25)12-29-20-23-22-18(28-20)14-7-4-8-21-10-14/h2-8,10,16H,9,11-12H2,1H3/t16-/m0/s1. The first-order chi connectivity index (χ1) is 14.2. The number of aromatic nitrogens is 3. The van der Waals surface area contributed by atoms with Gasteiger partial charge in [-0.05, 0) is 23.3 Å². The zero-order valence-corrected chi connectivity index (χ0v) is 16.5. The molecule has 1 aliphatic rings. The minimum absolute atomic E-state index is 0.0737. The van der Waals surface area contributed by atoms with Crippen LogP contribution in [0.4, 0.5) is 0 Å². The van der Waals surface area contributed by atoms with Crippen LogP contribution in [0.25, 0.3) is 11.5 Å². The van der Waals surface area contributed by atoms with Gasteiger partial charge >= 0.3 is 5.97 Å². The highest BCUT2D eigenvalue weighted by Crippen LogP contribution is 2.27. The second-order valence-electron chi connectivity index (χ2n) is 6.44. The Balaban J connectivity index is 1.46. The van der Waals surface area contributed by atoms with E-state index in [0.29, 0.717) is 24.4 Å². The van der Waals surface area contributed by atoms with Gasteiger partial charge in [-0.2, -0.15) is 0 Å². The number of pyridine rings is 1. The molecular formula is C20H18N4O4S. The Morgan fingerprint density at radius 2 is 2.03 bits per heavy atom. The Kier molecular flexibility index (Phi) is 5.57. The summed E-state index contributed by atoms with van der Waals surface area (Å²) < 4.78 is 10.5. The van der Waals surface area contributed by atoms with Crippen molar-refractivity contribution in [2.24, 2.45) is 0 Å². The lowest BCUT2D eigenvalue weighted by Crippen LogP contribution is -2.49. The van der Waals surface area contributed by atoms with Gasteiger partial charge < -0.3 is 14.1 Å². The Bertz CT molecular complexity index is 1020. The van der Waals surface area contributed by atoms with Gasteiger partial charge in [0.2, 0.25) is 11.8 Å². The number of ether oxygens (including phenoxy) is 1. The van der Waals surface area contributed by atoms with Crippen LogP contribution in [-0.4, -0.2) is 50.9 Å². The van der Waals surface area contributed by atoms with Gasteiger partial charge in [0.15, 0.2) is 0 Å². The summed E-state index contributed by atoms with van der Waals surface area (Å²) in [5.41, 5.74) is 2.79. The third kappa shape index (κ3) is 4.14. The average Bonchev–Trinajstić information content (AvgIpc) is 3.25. The summed E-state index contributed by atoms with van der Waals surface area (Å²) in [6.45, 7) is 0.361. The Labute approximate surface area is 171 Å². The number of benzene rings is 1. The normalized spacial score (nSPS) is 15.6. The van der Waals surface area contributed by atoms with Gasteiger partial charge in [-0.15, -0.1) is 10.2 Å². The van der Waals surface area contributed by atoms with Gasteiger partial charge in [-0.1, -0.05) is 36.0 Å². The van der Waals surface area contributed by atoms with Gasteiger partial charge in [0.25, 0.3) is 5.22 Å². The molecule has 0 N–H and O–H groups in total. The monoisotopic (exact) mass is 410 g/mol. The van der Waals surface area contributed by atoms with Crippen LogP contribution >= 0.6 is 11.8 Å². The number of methoxy groups -OCH3 is 1. The SMILES string of the molecule is COC(=O)[C@@H]1Cc2ccccc2CN1C(=O)CSc1nnc(-c2cccnc2)o1. The summed E-state index contributed by atoms with van der Waals surface area (Å²) in [6, 6.07) is 10.7. The molecule has 0 fully saturated rings. The molecule has 3 heterocycles. The van der Waals surface area contributed by atoms with Crippen molar-refractivity contribution in [3.8, 4) is 11.5 Å². The average molecular weight is 410 g/mol. The molecule has 1 amide bonds. The summed E-state index contributed by atoms with van der Waals surface area (Å²) in [5, 5.41) is 8.24. The van der Waals surface area contributed by atoms with Gasteiger partial charge in [-0.25, -0.2) is 4.79 Å². The fraction of sp³-hybridized carbons (Fsp3) is 0.250. The predicted molar refractivity (Wildman–Crippen MR) is 105 cm³/mol. The highest BCUT2D eigenvalue weighted by atomic mass is 32.2. The molecule has 148 valence electrons. The number of esters is 1. The number of amides is 1. The Morgan fingerprint density at radius 3 is 2.79 bits per heavy atom. The smallest absolute Gasteiger partial charge is 0.328 e. The fourth-order valence-electron chi connectivity index (χ4n) is 3.21. The molecule has 0 saturated carbocycles. The summed E-state index contributed by atoms with van der Waals surface area (Å²) in [4.78, 5) is 30.7. The molecule has 0 unspecified atom stereocenters. The number of carbonyl (C=O) groups excluding carboxylic acids is 2. The van der Waals surface area contributed by atoms with E-state index >= 15 is 0 Å². The molecule has 1 atom stereocenters. The van der Waals surface area contributed by atoms with E-state index in [9.17, 15) is 9.59 Å². The van der Waals surface area contributed by atoms with E-state index in [2.05, 4.69) is 15.2 Å². The molecule has 0 aliphatic carbocycles. The van der Waals surface area contributed by atoms with E-state index in [0.717, 1.165) is 22.9 Å². The first-order valence-corrected chi connectivity index (χ1v) is 9.95. The molecule has 3 aromatic rings. The van der Waals surface area contributed by atoms with Gasteiger partial charge in [0.1, 0.15) is 6.04 Å². The second-order valence-corrected chi connectivity index (χ2v) is 7.36. The van der Waals surface area contributed by atoms with Crippen LogP contribution in [0.3, 0.4) is 0 Å². The van der Waals surface area contributed by atoms with Gasteiger partial charge in [0.05, 0.1) is 18.4 Å². The molecule has 0 saturated heterocycles. The largest absolute Gasteiger partial charge is 0.467 e. The lowest BCUT2D eigenvalue weighted by Gasteiger charge is -2.35. The topological polar surface area (TPSA) is 98.4 Å². The molecule has 1 aliphatic heterocycles. The number of rotatable bonds is 5. The fourth-order valence-corrected chi connectivity index (χ4v) is 3.86. The minimum Gasteiger partial charge on any atom is -0.467 e. The third-order valence-corrected chi connectivity index (χ3v) is 5.48. The van der Waals surface area contributed by atoms with Crippen molar-refractivity contribution in [2.75, 3.05) is 12.9 Å². The molecule has 0 spiro atoms. The van der Waals surface area contributed by atoms with Crippen LogP contribution < -0.4 is 0 Å². The predicted octanol–water partition coefficient (Wildman–Crippen LogP) is 2.35. The molecule has 29 heavy (non-hydrogen) atoms. The van der Waals surface area contributed by atoms with Crippen LogP contribution in [0.5, 0.6) is 0 Å². The van der Waals surface area contributed by atoms with Crippen molar-refractivity contribution in [2.45, 2.75) is 24.2 Å². The highest BCUT2D eigenvalue weighted by Gasteiger charge is 2.35. The van der Waals surface area contributed by atoms with Crippen molar-refractivity contribution in [1.82, 2.24) is 20.1 Å². The van der Waals surface area contributed by atoms with Crippen LogP contribution in [0.15, 0.2) is 58.4 Å². The number of fused-ring (bicyclic) bond motifs is 1. The van der Waals surface area contributed by atoms with E-state index in [4.69, 9.17) is 9.15 Å². The summed E-state index contributed by atoms with van der Waals surface area (Å²) in [5.74, 6) is -0.201. The van der Waals surface area contributed by atoms with E-state index < -0.39 is 12.0 Å². The minimum atomic E-state index is -0.642. The number of hydrogen-bond acceptors (Lipinski definition) is 8. The Hall–Kier alpha value is -3.20. The van der Waals surface area contributed by atoms with Crippen molar-refractivity contribution in [1.29, 1.82) is 0 Å². The number of nitrogens with zero attached hydrogens (tertiary/aromatic N) is 4. The van der Waals surface area contributed by atoms with E-state index in [1.165, 1.54) is 7.11 Å². The number of carbonyl (C=O) groups is 2. The first-order valence-electron chi connectivity index (χ1n) is 8.96. The van der Waals surface area contributed by atoms with E-state index in [1.807, 2.05) is 30.3 Å². The van der Waals surface area contributed by atoms with Crippen LogP contribution in [0.1, 0.15) is 11.1 Å². The van der Waals surface area contributed by atoms with Crippen molar-refractivity contribution >= 4 is 23.6 Å². The maximum Gasteiger partial charge on any atom is 0.328 e. The molecule has 2 aromatic heterocycles. The zero-order chi connectivity index (χ0) is 20.2. The molecule has 1 aromatic carbocycles. The van der Waals surface area contributed by atoms with Crippen molar-refractivity contribution in [3.05, 3.63) is 59.9 Å². The zero-order valence-electron chi connectivity index (χ0n) is 15.6. The second kappa shape index (κ2) is 8.44. The maximum atomic E-state index is 12.9. The Morgan fingerprint density at radius 1 is 1.21 bits per heavy atom. The maximum absolute atomic E-state index is 12.9. The van der Waals surface area contributed by atoms with Gasteiger partial charge in [-0.3, -0.25) is 9.78 Å². The lowest BCUT2D eigenvalue weighted by atomic mass is 9.94. The number of hydrogen-bond donors (Lipinski definition) is 0. The van der Waals surface area contributed by atoms with E-state index in [1.54, 1.807) is 23.4 Å². The molecular weight excluding hydrogens is 392 g/mol. The van der Waals surface area contributed by atoms with Crippen molar-refractivity contribution < 1.29 is 18.7 Å². The lowest BCUT2D eigenvalue weighted by molar-refractivity contribution is -0.153. The third-order valence-electron chi connectivity index (χ3n) is 4.68. The summed E-state index contributed by atoms with van der Waals surface area (Å²) in [6.07, 6.45) is 3.72. The highest BCUT2D eigenvalue weighted by molar-refractivity contribution is 7.99. The van der Waals surface area contributed by atoms with Crippen LogP contribution in [-0.2, 0) is 27.3 Å². The first kappa shape index (κ1) is 19.1. The molecule has 4 rings (SSSR count). The van der Waals surface area contributed by atoms with E-state index in [-0.39, 0.29) is 16.9 Å². The van der Waals surface area contributed by atoms with Gasteiger partial charge in [0, 0.05) is 25.4 Å². The molecule has 8 nitrogen and oxygen atoms in total. The molecule has 0 radical (unpaired) electrons. The quantitative estimate of drug-likeness (QED) is 0.467. The van der Waals surface area contributed by atoms with Crippen LogP contribution in [0, 0.1) is 0 Å². The summed E-state index contributed by atoms with van der Waals surface area (Å²) >= 11 is 1.14. The molecule has 0 bridgehead atoms.